The van der Waals surface area contributed by atoms with Crippen molar-refractivity contribution in [3.63, 3.8) is 0 Å². The summed E-state index contributed by atoms with van der Waals surface area (Å²) in [6.07, 6.45) is -5.56. The molecule has 19 heavy (non-hydrogen) atoms. The fourth-order valence-corrected chi connectivity index (χ4v) is 1.32. The van der Waals surface area contributed by atoms with Crippen molar-refractivity contribution in [1.82, 2.24) is 0 Å². The van der Waals surface area contributed by atoms with E-state index in [0.29, 0.717) is 0 Å². The molecule has 0 saturated heterocycles. The van der Waals surface area contributed by atoms with Crippen molar-refractivity contribution < 1.29 is 39.3 Å². The van der Waals surface area contributed by atoms with Gasteiger partial charge in [-0.3, -0.25) is 0 Å². The van der Waals surface area contributed by atoms with Gasteiger partial charge in [-0.25, -0.2) is 0 Å². The molecule has 0 fully saturated rings. The summed E-state index contributed by atoms with van der Waals surface area (Å²) in [5.41, 5.74) is 0. The van der Waals surface area contributed by atoms with Gasteiger partial charge in [-0.1, -0.05) is 3.89 Å². The van der Waals surface area contributed by atoms with Gasteiger partial charge in [0.1, 0.15) is 11.5 Å². The average molecular weight is 306 g/mol. The van der Waals surface area contributed by atoms with Gasteiger partial charge in [0.25, 0.3) is 0 Å². The number of alkyl halides is 4. The summed E-state index contributed by atoms with van der Waals surface area (Å²) in [5.74, 6) is -0.560. The quantitative estimate of drug-likeness (QED) is 0.620. The van der Waals surface area contributed by atoms with Crippen LogP contribution in [0, 0.1) is 0 Å². The van der Waals surface area contributed by atoms with E-state index in [1.54, 1.807) is 0 Å². The highest BCUT2D eigenvalue weighted by atomic mass is 32.3. The molecule has 0 spiro atoms. The zero-order chi connectivity index (χ0) is 14.9. The number of rotatable bonds is 5. The highest BCUT2D eigenvalue weighted by Crippen LogP contribution is 2.41. The lowest BCUT2D eigenvalue weighted by molar-refractivity contribution is -0.273. The van der Waals surface area contributed by atoms with Crippen LogP contribution < -0.4 is 9.47 Å². The van der Waals surface area contributed by atoms with Crippen LogP contribution in [0.2, 0.25) is 0 Å². The Bertz CT molecular complexity index is 540. The van der Waals surface area contributed by atoms with Crippen LogP contribution in [0.3, 0.4) is 0 Å². The van der Waals surface area contributed by atoms with E-state index in [4.69, 9.17) is 0 Å². The molecule has 1 aromatic carbocycles. The molecule has 0 atom stereocenters. The first-order valence-electron chi connectivity index (χ1n) is 4.54. The second kappa shape index (κ2) is 4.83. The monoisotopic (exact) mass is 306 g/mol. The Kier molecular flexibility index (Phi) is 3.94. The van der Waals surface area contributed by atoms with E-state index in [2.05, 4.69) is 9.47 Å². The molecule has 0 amide bonds. The maximum Gasteiger partial charge on any atom is 0.483 e. The van der Waals surface area contributed by atoms with Crippen molar-refractivity contribution >= 4 is 10.2 Å². The third-order valence-corrected chi connectivity index (χ3v) is 2.80. The van der Waals surface area contributed by atoms with Crippen LogP contribution in [0.1, 0.15) is 0 Å². The van der Waals surface area contributed by atoms with E-state index in [-0.39, 0.29) is 5.75 Å². The first-order chi connectivity index (χ1) is 8.51. The van der Waals surface area contributed by atoms with Gasteiger partial charge < -0.3 is 9.47 Å². The third kappa shape index (κ3) is 3.06. The van der Waals surface area contributed by atoms with Crippen molar-refractivity contribution in [2.45, 2.75) is 11.4 Å². The normalized spacial score (nSPS) is 13.2. The minimum absolute atomic E-state index is 0.223. The molecular weight excluding hydrogens is 299 g/mol. The topological polar surface area (TPSA) is 52.6 Å². The Morgan fingerprint density at radius 3 is 1.79 bits per heavy atom. The SMILES string of the molecule is COc1ccc(OC(F)(F)C(F)(F)S(=O)(=O)F)cc1. The van der Waals surface area contributed by atoms with Crippen LogP contribution >= 0.6 is 0 Å². The predicted octanol–water partition coefficient (Wildman–Crippen LogP) is 2.56. The lowest BCUT2D eigenvalue weighted by atomic mass is 10.3. The standard InChI is InChI=1S/C9H7F5O4S/c1-17-6-2-4-7(5-3-6)18-8(10,11)9(12,13)19(14,15)16/h2-5H,1H3. The first-order valence-corrected chi connectivity index (χ1v) is 5.92. The number of ether oxygens (including phenoxy) is 2. The van der Waals surface area contributed by atoms with Gasteiger partial charge in [0, 0.05) is 0 Å². The van der Waals surface area contributed by atoms with Gasteiger partial charge in [-0.15, -0.1) is 0 Å². The van der Waals surface area contributed by atoms with Gasteiger partial charge in [-0.2, -0.15) is 26.0 Å². The molecule has 0 aliphatic carbocycles. The molecule has 1 aromatic rings. The molecule has 4 nitrogen and oxygen atoms in total. The molecule has 0 aliphatic heterocycles. The molecule has 1 rings (SSSR count). The molecule has 0 aromatic heterocycles. The van der Waals surface area contributed by atoms with Gasteiger partial charge in [0.15, 0.2) is 0 Å². The van der Waals surface area contributed by atoms with Crippen molar-refractivity contribution in [1.29, 1.82) is 0 Å². The van der Waals surface area contributed by atoms with Crippen LogP contribution in [-0.4, -0.2) is 26.9 Å². The Morgan fingerprint density at radius 1 is 1.00 bits per heavy atom. The smallest absolute Gasteiger partial charge is 0.483 e. The highest BCUT2D eigenvalue weighted by molar-refractivity contribution is 7.87. The summed E-state index contributed by atoms with van der Waals surface area (Å²) >= 11 is 0. The van der Waals surface area contributed by atoms with Crippen LogP contribution in [0.15, 0.2) is 24.3 Å². The molecule has 10 heteroatoms. The number of hydrogen-bond donors (Lipinski definition) is 0. The minimum atomic E-state index is -6.83. The van der Waals surface area contributed by atoms with E-state index in [1.165, 1.54) is 7.11 Å². The van der Waals surface area contributed by atoms with E-state index in [1.807, 2.05) is 0 Å². The van der Waals surface area contributed by atoms with Gasteiger partial charge in [0.2, 0.25) is 0 Å². The van der Waals surface area contributed by atoms with Gasteiger partial charge >= 0.3 is 21.6 Å². The lowest BCUT2D eigenvalue weighted by Gasteiger charge is -2.23. The van der Waals surface area contributed by atoms with E-state index >= 15 is 0 Å². The molecule has 0 aliphatic rings. The number of benzene rings is 1. The number of methoxy groups -OCH3 is 1. The maximum absolute atomic E-state index is 12.9. The molecular formula is C9H7F5O4S. The molecule has 0 radical (unpaired) electrons. The Labute approximate surface area is 105 Å². The van der Waals surface area contributed by atoms with E-state index < -0.39 is 27.3 Å². The van der Waals surface area contributed by atoms with E-state index in [0.717, 1.165) is 24.3 Å². The van der Waals surface area contributed by atoms with Gasteiger partial charge in [-0.05, 0) is 24.3 Å². The Balaban J connectivity index is 3.02. The summed E-state index contributed by atoms with van der Waals surface area (Å²) in [6, 6.07) is 3.86. The fraction of sp³-hybridized carbons (Fsp3) is 0.333. The summed E-state index contributed by atoms with van der Waals surface area (Å²) in [4.78, 5) is 0. The Hall–Kier alpha value is -1.58. The van der Waals surface area contributed by atoms with Gasteiger partial charge in [0.05, 0.1) is 7.11 Å². The number of halogens is 5. The average Bonchev–Trinajstić information content (AvgIpc) is 2.28. The molecule has 108 valence electrons. The third-order valence-electron chi connectivity index (χ3n) is 1.95. The van der Waals surface area contributed by atoms with Crippen molar-refractivity contribution in [2.75, 3.05) is 7.11 Å². The Morgan fingerprint density at radius 2 is 1.42 bits per heavy atom. The van der Waals surface area contributed by atoms with Crippen LogP contribution in [-0.2, 0) is 10.2 Å². The maximum atomic E-state index is 12.9. The summed E-state index contributed by atoms with van der Waals surface area (Å²) in [6.45, 7) is 0. The second-order valence-corrected chi connectivity index (χ2v) is 4.64. The van der Waals surface area contributed by atoms with Crippen molar-refractivity contribution in [3.8, 4) is 11.5 Å². The van der Waals surface area contributed by atoms with Crippen molar-refractivity contribution in [2.24, 2.45) is 0 Å². The summed E-state index contributed by atoms with van der Waals surface area (Å²) in [7, 11) is -5.55. The lowest BCUT2D eigenvalue weighted by Crippen LogP contribution is -2.49. The van der Waals surface area contributed by atoms with Crippen LogP contribution in [0.4, 0.5) is 21.4 Å². The fourth-order valence-electron chi connectivity index (χ4n) is 0.993. The zero-order valence-electron chi connectivity index (χ0n) is 9.24. The molecule has 0 bridgehead atoms. The van der Waals surface area contributed by atoms with Crippen molar-refractivity contribution in [3.05, 3.63) is 24.3 Å². The van der Waals surface area contributed by atoms with Crippen LogP contribution in [0.25, 0.3) is 0 Å². The summed E-state index contributed by atoms with van der Waals surface area (Å²) in [5, 5.41) is -6.00. The largest absolute Gasteiger partial charge is 0.497 e. The predicted molar refractivity (Wildman–Crippen MR) is 53.5 cm³/mol. The molecule has 0 N–H and O–H groups in total. The van der Waals surface area contributed by atoms with Crippen LogP contribution in [0.5, 0.6) is 11.5 Å². The molecule has 0 unspecified atom stereocenters. The zero-order valence-corrected chi connectivity index (χ0v) is 10.1. The molecule has 0 heterocycles. The second-order valence-electron chi connectivity index (χ2n) is 3.25. The van der Waals surface area contributed by atoms with E-state index in [9.17, 15) is 29.9 Å². The minimum Gasteiger partial charge on any atom is -0.497 e. The number of hydrogen-bond acceptors (Lipinski definition) is 4. The molecule has 0 saturated carbocycles. The first kappa shape index (κ1) is 15.5. The highest BCUT2D eigenvalue weighted by Gasteiger charge is 2.70. The summed E-state index contributed by atoms with van der Waals surface area (Å²) < 4.78 is 91.6.